The molecule has 5 aromatic rings. The number of hydrogen-bond donors (Lipinski definition) is 1. The molecule has 1 aliphatic heterocycles. The minimum atomic E-state index is -0.618. The molecule has 6 atom stereocenters. The van der Waals surface area contributed by atoms with E-state index in [4.69, 9.17) is 35.3 Å². The zero-order valence-electron chi connectivity index (χ0n) is 32.2. The van der Waals surface area contributed by atoms with Gasteiger partial charge in [0.25, 0.3) is 0 Å². The smallest absolute Gasteiger partial charge is 0.144 e. The number of rotatable bonds is 17. The molecule has 0 bridgehead atoms. The van der Waals surface area contributed by atoms with Gasteiger partial charge >= 0.3 is 0 Å². The minimum Gasteiger partial charge on any atom is -0.506 e. The van der Waals surface area contributed by atoms with Crippen molar-refractivity contribution in [2.24, 2.45) is 5.92 Å². The van der Waals surface area contributed by atoms with Gasteiger partial charge < -0.3 is 28.8 Å². The number of aryl methyl sites for hydroxylation is 1. The Kier molecular flexibility index (Phi) is 14.8. The van der Waals surface area contributed by atoms with E-state index >= 15 is 0 Å². The van der Waals surface area contributed by atoms with Crippen LogP contribution in [-0.2, 0) is 63.0 Å². The number of aliphatic hydroxyl groups is 1. The van der Waals surface area contributed by atoms with E-state index in [1.54, 1.807) is 0 Å². The zero-order chi connectivity index (χ0) is 39.4. The van der Waals surface area contributed by atoms with Crippen molar-refractivity contribution in [1.29, 1.82) is 0 Å². The van der Waals surface area contributed by atoms with Crippen LogP contribution in [0.25, 0.3) is 0 Å². The molecule has 1 fully saturated rings. The average Bonchev–Trinajstić information content (AvgIpc) is 3.26. The van der Waals surface area contributed by atoms with Crippen molar-refractivity contribution in [3.63, 3.8) is 0 Å². The van der Waals surface area contributed by atoms with Crippen molar-refractivity contribution in [3.05, 3.63) is 200 Å². The van der Waals surface area contributed by atoms with E-state index in [9.17, 15) is 5.11 Å². The third kappa shape index (κ3) is 10.9. The Labute approximate surface area is 350 Å². The van der Waals surface area contributed by atoms with Crippen molar-refractivity contribution in [2.75, 3.05) is 6.61 Å². The van der Waals surface area contributed by atoms with Gasteiger partial charge in [0.15, 0.2) is 0 Å². The van der Waals surface area contributed by atoms with Crippen LogP contribution < -0.4 is 0 Å². The van der Waals surface area contributed by atoms with Crippen molar-refractivity contribution in [1.82, 2.24) is 0 Å². The molecular weight excluding hydrogens is 800 g/mol. The fourth-order valence-corrected chi connectivity index (χ4v) is 8.57. The van der Waals surface area contributed by atoms with Gasteiger partial charge in [-0.25, -0.2) is 0 Å². The summed E-state index contributed by atoms with van der Waals surface area (Å²) < 4.78 is 35.1. The maximum atomic E-state index is 11.7. The highest BCUT2D eigenvalue weighted by Gasteiger charge is 2.52. The number of halogens is 2. The molecule has 57 heavy (non-hydrogen) atoms. The normalized spacial score (nSPS) is 22.5. The summed E-state index contributed by atoms with van der Waals surface area (Å²) in [6, 6.07) is 49.1. The van der Waals surface area contributed by atoms with Gasteiger partial charge in [-0.15, -0.1) is 0 Å². The second kappa shape index (κ2) is 20.6. The van der Waals surface area contributed by atoms with Gasteiger partial charge in [0.2, 0.25) is 0 Å². The van der Waals surface area contributed by atoms with Gasteiger partial charge in [-0.05, 0) is 58.2 Å². The highest BCUT2D eigenvalue weighted by atomic mass is 79.9. The van der Waals surface area contributed by atoms with Crippen LogP contribution in [0.4, 0.5) is 0 Å². The lowest BCUT2D eigenvalue weighted by molar-refractivity contribution is -0.279. The lowest BCUT2D eigenvalue weighted by atomic mass is 9.80. The Bertz CT molecular complexity index is 2040. The first kappa shape index (κ1) is 41.1. The summed E-state index contributed by atoms with van der Waals surface area (Å²) in [4.78, 5) is 0. The highest BCUT2D eigenvalue weighted by Crippen LogP contribution is 2.46. The number of aliphatic hydroxyl groups excluding tert-OH is 1. The predicted molar refractivity (Wildman–Crippen MR) is 229 cm³/mol. The van der Waals surface area contributed by atoms with Crippen molar-refractivity contribution in [2.45, 2.75) is 83.1 Å². The molecule has 1 N–H and O–H groups in total. The molecule has 1 aliphatic carbocycles. The number of hydrogen-bond acceptors (Lipinski definition) is 6. The van der Waals surface area contributed by atoms with Gasteiger partial charge in [0, 0.05) is 10.4 Å². The Hall–Kier alpha value is -4.05. The van der Waals surface area contributed by atoms with Gasteiger partial charge in [-0.1, -0.05) is 180 Å². The van der Waals surface area contributed by atoms with Crippen molar-refractivity contribution in [3.8, 4) is 0 Å². The molecule has 2 aliphatic rings. The largest absolute Gasteiger partial charge is 0.506 e. The second-order valence-electron chi connectivity index (χ2n) is 14.7. The first-order chi connectivity index (χ1) is 28.0. The van der Waals surface area contributed by atoms with E-state index in [0.717, 1.165) is 39.8 Å². The predicted octanol–water partition coefficient (Wildman–Crippen LogP) is 11.2. The number of ether oxygens (including phenoxy) is 5. The molecule has 0 aromatic heterocycles. The quantitative estimate of drug-likeness (QED) is 0.101. The molecule has 0 amide bonds. The summed E-state index contributed by atoms with van der Waals surface area (Å²) >= 11 is 10.7. The summed E-state index contributed by atoms with van der Waals surface area (Å²) in [5, 5.41) is 12.0. The molecule has 1 saturated heterocycles. The number of allylic oxidation sites excluding steroid dienone is 2. The lowest BCUT2D eigenvalue weighted by Crippen LogP contribution is -2.63. The fourth-order valence-electron chi connectivity index (χ4n) is 7.59. The summed E-state index contributed by atoms with van der Waals surface area (Å²) in [6.45, 7) is 3.81. The van der Waals surface area contributed by atoms with Gasteiger partial charge in [-0.3, -0.25) is 0 Å². The molecule has 1 unspecified atom stereocenters. The molecule has 6 nitrogen and oxygen atoms in total. The van der Waals surface area contributed by atoms with Crippen LogP contribution in [0, 0.1) is 5.92 Å². The molecule has 1 heterocycles. The molecule has 0 saturated carbocycles. The van der Waals surface area contributed by atoms with Crippen LogP contribution in [-0.4, -0.2) is 42.2 Å². The maximum Gasteiger partial charge on any atom is 0.144 e. The van der Waals surface area contributed by atoms with Crippen LogP contribution in [0.15, 0.2) is 166 Å². The highest BCUT2D eigenvalue weighted by molar-refractivity contribution is 9.11. The first-order valence-electron chi connectivity index (χ1n) is 19.7. The maximum absolute atomic E-state index is 11.7. The molecule has 8 heteroatoms. The van der Waals surface area contributed by atoms with Crippen LogP contribution in [0.1, 0.15) is 46.7 Å². The summed E-state index contributed by atoms with van der Waals surface area (Å²) in [5.41, 5.74) is 7.47. The van der Waals surface area contributed by atoms with E-state index in [2.05, 4.69) is 83.5 Å². The fraction of sp³-hybridized carbons (Fsp3) is 0.306. The lowest BCUT2D eigenvalue weighted by Gasteiger charge is -2.49. The van der Waals surface area contributed by atoms with Crippen LogP contribution in [0.5, 0.6) is 0 Å². The Morgan fingerprint density at radius 1 is 0.596 bits per heavy atom. The summed E-state index contributed by atoms with van der Waals surface area (Å²) in [7, 11) is 0. The molecule has 296 valence electrons. The number of benzene rings is 5. The van der Waals surface area contributed by atoms with E-state index in [0.29, 0.717) is 48.8 Å². The Morgan fingerprint density at radius 3 is 1.56 bits per heavy atom. The van der Waals surface area contributed by atoms with Crippen LogP contribution >= 0.6 is 27.5 Å². The van der Waals surface area contributed by atoms with Gasteiger partial charge in [-0.2, -0.15) is 0 Å². The zero-order valence-corrected chi connectivity index (χ0v) is 34.6. The summed E-state index contributed by atoms with van der Waals surface area (Å²) in [6.07, 6.45) is -0.824. The van der Waals surface area contributed by atoms with Crippen molar-refractivity contribution >= 4 is 27.5 Å². The van der Waals surface area contributed by atoms with Gasteiger partial charge in [0.1, 0.15) is 30.2 Å². The summed E-state index contributed by atoms with van der Waals surface area (Å²) in [5.74, 6) is -0.340. The van der Waals surface area contributed by atoms with E-state index in [-0.39, 0.29) is 18.3 Å². The van der Waals surface area contributed by atoms with Crippen LogP contribution in [0.3, 0.4) is 0 Å². The van der Waals surface area contributed by atoms with E-state index in [1.165, 1.54) is 5.56 Å². The van der Waals surface area contributed by atoms with E-state index < -0.39 is 30.5 Å². The SMILES string of the molecule is CCc1ccc(CC2=C(Cl)C(O)=C(Br)C([C@@H]3O[C@H](COCc4ccccc4)[C@@H](OCc4ccccc4)[C@H](OCc4ccccc4)[C@H]3OCc3ccccc3)C2)cc1. The molecule has 5 aromatic carbocycles. The molecular formula is C49H50BrClO6. The second-order valence-corrected chi connectivity index (χ2v) is 15.9. The third-order valence-electron chi connectivity index (χ3n) is 10.7. The standard InChI is InChI=1S/C49H50BrClO6/c1-2-34-23-25-35(26-24-34)27-40-28-41(43(50)45(52)44(40)51)46-48(55-31-38-19-11-5-12-20-38)49(56-32-39-21-13-6-14-22-39)47(54-30-37-17-9-4-10-18-37)42(57-46)33-53-29-36-15-7-3-8-16-36/h3-26,41-42,46-49,52H,2,27-33H2,1H3/t41?,42-,46+,47-,48+,49+/m1/s1. The molecule has 0 radical (unpaired) electrons. The first-order valence-corrected chi connectivity index (χ1v) is 20.9. The van der Waals surface area contributed by atoms with E-state index in [1.807, 2.05) is 84.9 Å². The van der Waals surface area contributed by atoms with Crippen LogP contribution in [0.2, 0.25) is 0 Å². The Balaban J connectivity index is 1.26. The van der Waals surface area contributed by atoms with Gasteiger partial charge in [0.05, 0.1) is 44.2 Å². The molecule has 7 rings (SSSR count). The monoisotopic (exact) mass is 848 g/mol. The average molecular weight is 850 g/mol. The topological polar surface area (TPSA) is 66.4 Å². The van der Waals surface area contributed by atoms with Crippen molar-refractivity contribution < 1.29 is 28.8 Å². The Morgan fingerprint density at radius 2 is 1.05 bits per heavy atom. The minimum absolute atomic E-state index is 0.0135. The molecule has 0 spiro atoms. The third-order valence-corrected chi connectivity index (χ3v) is 12.1.